The molecule has 3 N–H and O–H groups in total. The van der Waals surface area contributed by atoms with E-state index in [0.29, 0.717) is 12.5 Å². The SMILES string of the molecule is CC(=O)O.CN(C1CC1)S(=O)(=O)NCCC1CCNCC1. The minimum Gasteiger partial charge on any atom is -0.481 e. The zero-order valence-electron chi connectivity index (χ0n) is 12.8. The lowest BCUT2D eigenvalue weighted by atomic mass is 9.95. The Morgan fingerprint density at radius 1 is 1.29 bits per heavy atom. The molecule has 0 atom stereocenters. The van der Waals surface area contributed by atoms with Crippen molar-refractivity contribution >= 4 is 16.2 Å². The van der Waals surface area contributed by atoms with Crippen molar-refractivity contribution in [3.05, 3.63) is 0 Å². The van der Waals surface area contributed by atoms with Crippen LogP contribution in [0.25, 0.3) is 0 Å². The molecule has 1 saturated heterocycles. The lowest BCUT2D eigenvalue weighted by Crippen LogP contribution is -2.40. The van der Waals surface area contributed by atoms with Crippen LogP contribution in [0.15, 0.2) is 0 Å². The third kappa shape index (κ3) is 7.75. The highest BCUT2D eigenvalue weighted by atomic mass is 32.2. The Balaban J connectivity index is 0.000000491. The van der Waals surface area contributed by atoms with E-state index in [2.05, 4.69) is 10.0 Å². The molecule has 0 aromatic heterocycles. The number of aliphatic carboxylic acids is 1. The largest absolute Gasteiger partial charge is 0.481 e. The molecule has 0 bridgehead atoms. The van der Waals surface area contributed by atoms with E-state index in [1.807, 2.05) is 0 Å². The molecule has 2 fully saturated rings. The predicted molar refractivity (Wildman–Crippen MR) is 81.2 cm³/mol. The van der Waals surface area contributed by atoms with E-state index < -0.39 is 16.2 Å². The summed E-state index contributed by atoms with van der Waals surface area (Å²) in [6.07, 6.45) is 5.30. The Hall–Kier alpha value is -0.700. The quantitative estimate of drug-likeness (QED) is 0.657. The summed E-state index contributed by atoms with van der Waals surface area (Å²) in [7, 11) is -1.56. The molecule has 0 radical (unpaired) electrons. The van der Waals surface area contributed by atoms with Gasteiger partial charge in [0.25, 0.3) is 16.2 Å². The standard InChI is InChI=1S/C11H23N3O2S.C2H4O2/c1-14(11-2-3-11)17(15,16)13-9-6-10-4-7-12-8-5-10;1-2(3)4/h10-13H,2-9H2,1H3;1H3,(H,3,4). The van der Waals surface area contributed by atoms with Gasteiger partial charge in [-0.1, -0.05) is 0 Å². The normalized spacial score (nSPS) is 20.0. The topological polar surface area (TPSA) is 98.7 Å². The first-order chi connectivity index (χ1) is 9.83. The fourth-order valence-corrected chi connectivity index (χ4v) is 3.48. The summed E-state index contributed by atoms with van der Waals surface area (Å²) in [5.41, 5.74) is 0. The molecule has 1 saturated carbocycles. The first kappa shape index (κ1) is 18.3. The number of hydrogen-bond acceptors (Lipinski definition) is 4. The zero-order chi connectivity index (χ0) is 15.9. The maximum atomic E-state index is 11.9. The number of carboxylic acids is 1. The molecule has 124 valence electrons. The number of rotatable bonds is 6. The first-order valence-electron chi connectivity index (χ1n) is 7.46. The van der Waals surface area contributed by atoms with Crippen molar-refractivity contribution in [2.45, 2.75) is 45.1 Å². The molecule has 0 unspecified atom stereocenters. The maximum absolute atomic E-state index is 11.9. The van der Waals surface area contributed by atoms with Crippen molar-refractivity contribution in [3.8, 4) is 0 Å². The highest BCUT2D eigenvalue weighted by Crippen LogP contribution is 2.27. The van der Waals surface area contributed by atoms with Crippen LogP contribution in [0.3, 0.4) is 0 Å². The van der Waals surface area contributed by atoms with Crippen molar-refractivity contribution in [1.82, 2.24) is 14.3 Å². The van der Waals surface area contributed by atoms with Gasteiger partial charge in [0.1, 0.15) is 0 Å². The van der Waals surface area contributed by atoms with E-state index in [9.17, 15) is 8.42 Å². The average molecular weight is 321 g/mol. The molecule has 0 aromatic carbocycles. The minimum atomic E-state index is -3.23. The third-order valence-electron chi connectivity index (χ3n) is 3.74. The average Bonchev–Trinajstić information content (AvgIpc) is 3.22. The molecule has 0 aromatic rings. The van der Waals surface area contributed by atoms with Gasteiger partial charge >= 0.3 is 0 Å². The summed E-state index contributed by atoms with van der Waals surface area (Å²) in [6.45, 7) is 3.79. The highest BCUT2D eigenvalue weighted by Gasteiger charge is 2.33. The number of piperidine rings is 1. The summed E-state index contributed by atoms with van der Waals surface area (Å²) in [5, 5.41) is 10.7. The second-order valence-electron chi connectivity index (χ2n) is 5.65. The molecule has 8 heteroatoms. The number of carboxylic acid groups (broad SMARTS) is 1. The lowest BCUT2D eigenvalue weighted by molar-refractivity contribution is -0.134. The second kappa shape index (κ2) is 8.67. The van der Waals surface area contributed by atoms with Crippen LogP contribution in [0.5, 0.6) is 0 Å². The molecule has 1 aliphatic carbocycles. The first-order valence-corrected chi connectivity index (χ1v) is 8.90. The maximum Gasteiger partial charge on any atom is 0.300 e. The molecule has 0 spiro atoms. The number of nitrogens with one attached hydrogen (secondary N) is 2. The summed E-state index contributed by atoms with van der Waals surface area (Å²) in [6, 6.07) is 0.242. The van der Waals surface area contributed by atoms with Gasteiger partial charge in [-0.3, -0.25) is 4.79 Å². The van der Waals surface area contributed by atoms with E-state index >= 15 is 0 Å². The Kier molecular flexibility index (Phi) is 7.58. The van der Waals surface area contributed by atoms with E-state index in [1.54, 1.807) is 7.05 Å². The fraction of sp³-hybridized carbons (Fsp3) is 0.923. The van der Waals surface area contributed by atoms with Crippen LogP contribution in [-0.4, -0.2) is 56.5 Å². The molecular weight excluding hydrogens is 294 g/mol. The number of carbonyl (C=O) groups is 1. The van der Waals surface area contributed by atoms with Gasteiger partial charge in [0, 0.05) is 26.6 Å². The second-order valence-corrected chi connectivity index (χ2v) is 7.46. The van der Waals surface area contributed by atoms with Crippen molar-refractivity contribution in [2.24, 2.45) is 5.92 Å². The molecule has 2 rings (SSSR count). The minimum absolute atomic E-state index is 0.242. The summed E-state index contributed by atoms with van der Waals surface area (Å²) in [5.74, 6) is -0.162. The Bertz CT molecular complexity index is 413. The molecular formula is C13H27N3O4S. The summed E-state index contributed by atoms with van der Waals surface area (Å²) in [4.78, 5) is 9.00. The molecule has 21 heavy (non-hydrogen) atoms. The van der Waals surface area contributed by atoms with Gasteiger partial charge in [0.05, 0.1) is 0 Å². The van der Waals surface area contributed by atoms with Crippen LogP contribution < -0.4 is 10.0 Å². The zero-order valence-corrected chi connectivity index (χ0v) is 13.7. The van der Waals surface area contributed by atoms with Crippen molar-refractivity contribution in [3.63, 3.8) is 0 Å². The predicted octanol–water partition coefficient (Wildman–Crippen LogP) is 0.396. The summed E-state index contributed by atoms with van der Waals surface area (Å²) < 4.78 is 27.9. The molecule has 2 aliphatic rings. The van der Waals surface area contributed by atoms with E-state index in [-0.39, 0.29) is 6.04 Å². The third-order valence-corrected chi connectivity index (χ3v) is 5.36. The molecule has 0 amide bonds. The Morgan fingerprint density at radius 3 is 2.29 bits per heavy atom. The van der Waals surface area contributed by atoms with Gasteiger partial charge in [-0.05, 0) is 51.1 Å². The highest BCUT2D eigenvalue weighted by molar-refractivity contribution is 7.87. The van der Waals surface area contributed by atoms with Crippen LogP contribution >= 0.6 is 0 Å². The Morgan fingerprint density at radius 2 is 1.81 bits per heavy atom. The Labute approximate surface area is 127 Å². The molecule has 1 heterocycles. The van der Waals surface area contributed by atoms with Gasteiger partial charge in [-0.2, -0.15) is 12.7 Å². The van der Waals surface area contributed by atoms with Gasteiger partial charge in [-0.15, -0.1) is 0 Å². The number of nitrogens with zero attached hydrogens (tertiary/aromatic N) is 1. The van der Waals surface area contributed by atoms with Gasteiger partial charge < -0.3 is 10.4 Å². The number of hydrogen-bond donors (Lipinski definition) is 3. The van der Waals surface area contributed by atoms with Gasteiger partial charge in [0.2, 0.25) is 0 Å². The smallest absolute Gasteiger partial charge is 0.300 e. The van der Waals surface area contributed by atoms with E-state index in [1.165, 1.54) is 17.1 Å². The van der Waals surface area contributed by atoms with Crippen molar-refractivity contribution in [1.29, 1.82) is 0 Å². The van der Waals surface area contributed by atoms with Crippen LogP contribution in [0.1, 0.15) is 39.0 Å². The van der Waals surface area contributed by atoms with E-state index in [4.69, 9.17) is 9.90 Å². The monoisotopic (exact) mass is 321 g/mol. The van der Waals surface area contributed by atoms with Gasteiger partial charge in [0.15, 0.2) is 0 Å². The van der Waals surface area contributed by atoms with Crippen LogP contribution in [0.4, 0.5) is 0 Å². The fourth-order valence-electron chi connectivity index (χ4n) is 2.30. The molecule has 1 aliphatic heterocycles. The van der Waals surface area contributed by atoms with Crippen LogP contribution in [0, 0.1) is 5.92 Å². The van der Waals surface area contributed by atoms with Crippen LogP contribution in [0.2, 0.25) is 0 Å². The van der Waals surface area contributed by atoms with Crippen molar-refractivity contribution < 1.29 is 18.3 Å². The summed E-state index contributed by atoms with van der Waals surface area (Å²) >= 11 is 0. The van der Waals surface area contributed by atoms with Gasteiger partial charge in [-0.25, -0.2) is 4.72 Å². The molecule has 7 nitrogen and oxygen atoms in total. The lowest BCUT2D eigenvalue weighted by Gasteiger charge is -2.23. The van der Waals surface area contributed by atoms with Crippen molar-refractivity contribution in [2.75, 3.05) is 26.7 Å². The van der Waals surface area contributed by atoms with Crippen LogP contribution in [-0.2, 0) is 15.0 Å². The van der Waals surface area contributed by atoms with E-state index in [0.717, 1.165) is 39.3 Å².